The number of anilines is 2. The van der Waals surface area contributed by atoms with Gasteiger partial charge in [-0.15, -0.1) is 0 Å². The fourth-order valence-corrected chi connectivity index (χ4v) is 4.21. The first-order valence-electron chi connectivity index (χ1n) is 10.1. The van der Waals surface area contributed by atoms with Crippen LogP contribution in [0.3, 0.4) is 0 Å². The Morgan fingerprint density at radius 1 is 1.32 bits per heavy atom. The number of aromatic nitrogens is 1. The number of ether oxygens (including phenoxy) is 1. The second kappa shape index (κ2) is 9.73. The molecule has 3 amide bonds. The van der Waals surface area contributed by atoms with Gasteiger partial charge in [-0.05, 0) is 37.3 Å². The summed E-state index contributed by atoms with van der Waals surface area (Å²) >= 11 is 0. The molecule has 0 bridgehead atoms. The van der Waals surface area contributed by atoms with Crippen molar-refractivity contribution in [1.82, 2.24) is 15.2 Å². The van der Waals surface area contributed by atoms with Crippen molar-refractivity contribution in [2.45, 2.75) is 38.6 Å². The summed E-state index contributed by atoms with van der Waals surface area (Å²) in [5.41, 5.74) is 0.734. The van der Waals surface area contributed by atoms with Crippen LogP contribution in [0.4, 0.5) is 16.3 Å². The third-order valence-electron chi connectivity index (χ3n) is 5.49. The lowest BCUT2D eigenvalue weighted by atomic mass is 9.98. The summed E-state index contributed by atoms with van der Waals surface area (Å²) in [5, 5.41) is 5.89. The zero-order chi connectivity index (χ0) is 19.9. The van der Waals surface area contributed by atoms with Crippen molar-refractivity contribution in [3.63, 3.8) is 0 Å². The Bertz CT molecular complexity index is 684. The maximum absolute atomic E-state index is 12.6. The summed E-state index contributed by atoms with van der Waals surface area (Å²) in [7, 11) is 1.66. The zero-order valence-corrected chi connectivity index (χ0v) is 16.8. The molecule has 8 nitrogen and oxygen atoms in total. The molecule has 2 N–H and O–H groups in total. The number of urea groups is 1. The van der Waals surface area contributed by atoms with Crippen LogP contribution in [0.25, 0.3) is 0 Å². The van der Waals surface area contributed by atoms with Gasteiger partial charge < -0.3 is 25.2 Å². The van der Waals surface area contributed by atoms with E-state index in [1.54, 1.807) is 13.3 Å². The highest BCUT2D eigenvalue weighted by Gasteiger charge is 2.40. The van der Waals surface area contributed by atoms with E-state index in [1.165, 1.54) is 6.92 Å². The Kier molecular flexibility index (Phi) is 7.08. The molecule has 0 spiro atoms. The summed E-state index contributed by atoms with van der Waals surface area (Å²) < 4.78 is 5.03. The Morgan fingerprint density at radius 2 is 2.18 bits per heavy atom. The molecular weight excluding hydrogens is 358 g/mol. The van der Waals surface area contributed by atoms with E-state index in [2.05, 4.69) is 20.5 Å². The third kappa shape index (κ3) is 4.92. The maximum atomic E-state index is 12.6. The Balaban J connectivity index is 1.72. The molecule has 2 saturated heterocycles. The fourth-order valence-electron chi connectivity index (χ4n) is 4.21. The second-order valence-corrected chi connectivity index (χ2v) is 7.56. The lowest BCUT2D eigenvalue weighted by Crippen LogP contribution is -2.44. The average Bonchev–Trinajstić information content (AvgIpc) is 3.00. The molecule has 3 rings (SSSR count). The van der Waals surface area contributed by atoms with Crippen molar-refractivity contribution < 1.29 is 14.3 Å². The topological polar surface area (TPSA) is 86.8 Å². The van der Waals surface area contributed by atoms with E-state index in [1.807, 2.05) is 17.0 Å². The first-order chi connectivity index (χ1) is 13.6. The first kappa shape index (κ1) is 20.4. The van der Waals surface area contributed by atoms with Gasteiger partial charge in [0, 0.05) is 53.0 Å². The maximum Gasteiger partial charge on any atom is 0.317 e. The van der Waals surface area contributed by atoms with E-state index in [0.717, 1.165) is 50.3 Å². The number of carbonyl (C=O) groups excluding carboxylic acids is 2. The van der Waals surface area contributed by atoms with Crippen molar-refractivity contribution in [3.8, 4) is 0 Å². The summed E-state index contributed by atoms with van der Waals surface area (Å²) in [6.07, 6.45) is 5.91. The number of likely N-dealkylation sites (tertiary alicyclic amines) is 1. The van der Waals surface area contributed by atoms with Gasteiger partial charge in [-0.3, -0.25) is 4.79 Å². The molecule has 1 aromatic heterocycles. The van der Waals surface area contributed by atoms with Crippen LogP contribution in [0.1, 0.15) is 32.6 Å². The normalized spacial score (nSPS) is 21.8. The SMILES string of the molecule is COCCCNC(=O)N1C[C@H]2CCCCN(c3ncccc3NC(C)=O)[C@H]2C1. The number of hydrogen-bond acceptors (Lipinski definition) is 5. The lowest BCUT2D eigenvalue weighted by molar-refractivity contribution is -0.114. The van der Waals surface area contributed by atoms with Crippen LogP contribution in [0, 0.1) is 5.92 Å². The smallest absolute Gasteiger partial charge is 0.317 e. The van der Waals surface area contributed by atoms with Gasteiger partial charge in [-0.2, -0.15) is 0 Å². The van der Waals surface area contributed by atoms with Crippen LogP contribution >= 0.6 is 0 Å². The number of nitrogens with one attached hydrogen (secondary N) is 2. The van der Waals surface area contributed by atoms with Crippen LogP contribution < -0.4 is 15.5 Å². The van der Waals surface area contributed by atoms with Gasteiger partial charge in [-0.1, -0.05) is 6.42 Å². The molecule has 0 unspecified atom stereocenters. The van der Waals surface area contributed by atoms with Crippen molar-refractivity contribution in [3.05, 3.63) is 18.3 Å². The van der Waals surface area contributed by atoms with Crippen LogP contribution in [-0.4, -0.2) is 67.8 Å². The molecule has 0 saturated carbocycles. The molecule has 0 radical (unpaired) electrons. The Labute approximate surface area is 166 Å². The number of rotatable bonds is 6. The largest absolute Gasteiger partial charge is 0.385 e. The molecule has 28 heavy (non-hydrogen) atoms. The minimum atomic E-state index is -0.107. The summed E-state index contributed by atoms with van der Waals surface area (Å²) in [4.78, 5) is 33.0. The van der Waals surface area contributed by atoms with Crippen molar-refractivity contribution in [1.29, 1.82) is 0 Å². The molecule has 154 valence electrons. The standard InChI is InChI=1S/C20H31N5O3/c1-15(26)23-17-8-5-9-21-19(17)25-11-4-3-7-16-13-24(14-18(16)25)20(27)22-10-6-12-28-2/h5,8-9,16,18H,3-4,6-7,10-14H2,1-2H3,(H,22,27)(H,23,26)/t16-,18+/m1/s1. The van der Waals surface area contributed by atoms with Crippen molar-refractivity contribution >= 4 is 23.4 Å². The van der Waals surface area contributed by atoms with Gasteiger partial charge >= 0.3 is 6.03 Å². The Morgan fingerprint density at radius 3 is 2.96 bits per heavy atom. The fraction of sp³-hybridized carbons (Fsp3) is 0.650. The van der Waals surface area contributed by atoms with Gasteiger partial charge in [0.25, 0.3) is 0 Å². The highest BCUT2D eigenvalue weighted by atomic mass is 16.5. The molecule has 0 aliphatic carbocycles. The molecule has 8 heteroatoms. The lowest BCUT2D eigenvalue weighted by Gasteiger charge is -2.32. The molecule has 2 aliphatic rings. The van der Waals surface area contributed by atoms with Crippen LogP contribution in [0.15, 0.2) is 18.3 Å². The quantitative estimate of drug-likeness (QED) is 0.728. The van der Waals surface area contributed by atoms with Crippen LogP contribution in [0.5, 0.6) is 0 Å². The minimum absolute atomic E-state index is 0.00719. The molecule has 0 aromatic carbocycles. The molecule has 2 atom stereocenters. The van der Waals surface area contributed by atoms with E-state index in [0.29, 0.717) is 25.6 Å². The summed E-state index contributed by atoms with van der Waals surface area (Å²) in [6, 6.07) is 3.93. The number of carbonyl (C=O) groups is 2. The molecule has 1 aromatic rings. The predicted molar refractivity (Wildman–Crippen MR) is 108 cm³/mol. The summed E-state index contributed by atoms with van der Waals surface area (Å²) in [5.74, 6) is 1.11. The van der Waals surface area contributed by atoms with E-state index < -0.39 is 0 Å². The second-order valence-electron chi connectivity index (χ2n) is 7.56. The van der Waals surface area contributed by atoms with E-state index in [4.69, 9.17) is 4.74 Å². The number of fused-ring (bicyclic) bond motifs is 1. The number of hydrogen-bond donors (Lipinski definition) is 2. The highest BCUT2D eigenvalue weighted by Crippen LogP contribution is 2.35. The third-order valence-corrected chi connectivity index (χ3v) is 5.49. The van der Waals surface area contributed by atoms with Gasteiger partial charge in [0.1, 0.15) is 0 Å². The zero-order valence-electron chi connectivity index (χ0n) is 16.8. The van der Waals surface area contributed by atoms with E-state index in [-0.39, 0.29) is 18.0 Å². The van der Waals surface area contributed by atoms with Crippen molar-refractivity contribution in [2.24, 2.45) is 5.92 Å². The van der Waals surface area contributed by atoms with E-state index >= 15 is 0 Å². The first-order valence-corrected chi connectivity index (χ1v) is 10.1. The number of methoxy groups -OCH3 is 1. The molecule has 2 fully saturated rings. The van der Waals surface area contributed by atoms with Crippen molar-refractivity contribution in [2.75, 3.05) is 50.1 Å². The molecule has 2 aliphatic heterocycles. The molecule has 3 heterocycles. The van der Waals surface area contributed by atoms with Gasteiger partial charge in [-0.25, -0.2) is 9.78 Å². The highest BCUT2D eigenvalue weighted by molar-refractivity contribution is 5.92. The number of pyridine rings is 1. The predicted octanol–water partition coefficient (Wildman–Crippen LogP) is 2.08. The van der Waals surface area contributed by atoms with Gasteiger partial charge in [0.05, 0.1) is 11.7 Å². The summed E-state index contributed by atoms with van der Waals surface area (Å²) in [6.45, 7) is 5.10. The molecular formula is C20H31N5O3. The average molecular weight is 390 g/mol. The number of nitrogens with zero attached hydrogens (tertiary/aromatic N) is 3. The van der Waals surface area contributed by atoms with Crippen LogP contribution in [0.2, 0.25) is 0 Å². The van der Waals surface area contributed by atoms with Gasteiger partial charge in [0.2, 0.25) is 5.91 Å². The monoisotopic (exact) mass is 389 g/mol. The number of amides is 3. The van der Waals surface area contributed by atoms with Gasteiger partial charge in [0.15, 0.2) is 5.82 Å². The Hall–Kier alpha value is -2.35. The van der Waals surface area contributed by atoms with E-state index in [9.17, 15) is 9.59 Å². The minimum Gasteiger partial charge on any atom is -0.385 e. The van der Waals surface area contributed by atoms with Crippen LogP contribution in [-0.2, 0) is 9.53 Å².